The number of aliphatic hydroxyl groups excluding tert-OH is 2. The number of carbonyl (C=O) groups excluding carboxylic acids is 1. The first-order chi connectivity index (χ1) is 10.6. The van der Waals surface area contributed by atoms with Crippen molar-refractivity contribution in [1.29, 1.82) is 0 Å². The van der Waals surface area contributed by atoms with Crippen molar-refractivity contribution in [3.63, 3.8) is 0 Å². The summed E-state index contributed by atoms with van der Waals surface area (Å²) < 4.78 is 11.3. The molecule has 1 aromatic carbocycles. The van der Waals surface area contributed by atoms with Crippen LogP contribution in [0.15, 0.2) is 24.3 Å². The summed E-state index contributed by atoms with van der Waals surface area (Å²) in [5, 5.41) is 20.9. The first kappa shape index (κ1) is 14.1. The third kappa shape index (κ3) is 1.71. The number of hydrogen-bond acceptors (Lipinski definition) is 6. The van der Waals surface area contributed by atoms with Gasteiger partial charge in [0.2, 0.25) is 0 Å². The Balaban J connectivity index is 1.66. The number of rotatable bonds is 2. The lowest BCUT2D eigenvalue weighted by Gasteiger charge is -2.45. The van der Waals surface area contributed by atoms with Crippen LogP contribution in [0.3, 0.4) is 0 Å². The Morgan fingerprint density at radius 2 is 2.14 bits per heavy atom. The Kier molecular flexibility index (Phi) is 3.04. The SMILES string of the molecule is NC[C@@]12COC(O1)[C@H](N1Cc3ccccc3C1=O)[C@@H](O)[C@H]2O. The molecule has 22 heavy (non-hydrogen) atoms. The fraction of sp³-hybridized carbons (Fsp3) is 0.533. The molecule has 1 amide bonds. The summed E-state index contributed by atoms with van der Waals surface area (Å²) in [4.78, 5) is 14.1. The highest BCUT2D eigenvalue weighted by atomic mass is 16.7. The molecule has 3 heterocycles. The summed E-state index contributed by atoms with van der Waals surface area (Å²) in [6.45, 7) is 0.517. The number of aliphatic hydroxyl groups is 2. The van der Waals surface area contributed by atoms with Crippen molar-refractivity contribution in [3.8, 4) is 0 Å². The van der Waals surface area contributed by atoms with Crippen molar-refractivity contribution in [2.24, 2.45) is 5.73 Å². The lowest BCUT2D eigenvalue weighted by Crippen LogP contribution is -2.67. The van der Waals surface area contributed by atoms with E-state index >= 15 is 0 Å². The number of carbonyl (C=O) groups is 1. The van der Waals surface area contributed by atoms with E-state index in [4.69, 9.17) is 15.2 Å². The number of hydrogen-bond donors (Lipinski definition) is 3. The van der Waals surface area contributed by atoms with Gasteiger partial charge in [0.1, 0.15) is 23.9 Å². The quantitative estimate of drug-likeness (QED) is 0.635. The van der Waals surface area contributed by atoms with E-state index < -0.39 is 30.1 Å². The minimum Gasteiger partial charge on any atom is -0.388 e. The monoisotopic (exact) mass is 306 g/mol. The van der Waals surface area contributed by atoms with Gasteiger partial charge in [-0.05, 0) is 11.6 Å². The predicted octanol–water partition coefficient (Wildman–Crippen LogP) is -1.18. The van der Waals surface area contributed by atoms with Crippen molar-refractivity contribution >= 4 is 5.91 Å². The zero-order chi connectivity index (χ0) is 15.5. The minimum atomic E-state index is -1.20. The summed E-state index contributed by atoms with van der Waals surface area (Å²) >= 11 is 0. The van der Waals surface area contributed by atoms with Crippen molar-refractivity contribution in [1.82, 2.24) is 4.90 Å². The van der Waals surface area contributed by atoms with E-state index in [9.17, 15) is 15.0 Å². The highest BCUT2D eigenvalue weighted by Gasteiger charge is 2.60. The largest absolute Gasteiger partial charge is 0.388 e. The fourth-order valence-electron chi connectivity index (χ4n) is 3.58. The third-order valence-corrected chi connectivity index (χ3v) is 4.89. The number of benzene rings is 1. The summed E-state index contributed by atoms with van der Waals surface area (Å²) in [7, 11) is 0. The Hall–Kier alpha value is -1.51. The molecule has 0 aromatic heterocycles. The van der Waals surface area contributed by atoms with Crippen LogP contribution in [0, 0.1) is 0 Å². The van der Waals surface area contributed by atoms with Crippen LogP contribution in [0.2, 0.25) is 0 Å². The van der Waals surface area contributed by atoms with Gasteiger partial charge in [0.25, 0.3) is 5.91 Å². The average molecular weight is 306 g/mol. The molecule has 0 spiro atoms. The Morgan fingerprint density at radius 3 is 2.86 bits per heavy atom. The van der Waals surface area contributed by atoms with Crippen molar-refractivity contribution in [2.75, 3.05) is 13.2 Å². The van der Waals surface area contributed by atoms with Crippen LogP contribution >= 0.6 is 0 Å². The molecule has 118 valence electrons. The first-order valence-electron chi connectivity index (χ1n) is 7.32. The molecule has 7 heteroatoms. The fourth-order valence-corrected chi connectivity index (χ4v) is 3.58. The van der Waals surface area contributed by atoms with Gasteiger partial charge in [-0.15, -0.1) is 0 Å². The molecule has 4 rings (SSSR count). The van der Waals surface area contributed by atoms with E-state index in [0.717, 1.165) is 5.56 Å². The molecule has 3 aliphatic heterocycles. The smallest absolute Gasteiger partial charge is 0.255 e. The molecule has 0 radical (unpaired) electrons. The number of amides is 1. The maximum Gasteiger partial charge on any atom is 0.255 e. The van der Waals surface area contributed by atoms with E-state index in [-0.39, 0.29) is 19.1 Å². The number of nitrogens with zero attached hydrogens (tertiary/aromatic N) is 1. The predicted molar refractivity (Wildman–Crippen MR) is 74.7 cm³/mol. The second-order valence-electron chi connectivity index (χ2n) is 6.08. The molecular weight excluding hydrogens is 288 g/mol. The molecule has 2 fully saturated rings. The molecule has 5 atom stereocenters. The van der Waals surface area contributed by atoms with Crippen LogP contribution < -0.4 is 5.73 Å². The number of nitrogens with two attached hydrogens (primary N) is 1. The topological polar surface area (TPSA) is 105 Å². The van der Waals surface area contributed by atoms with Crippen molar-refractivity contribution in [2.45, 2.75) is 36.7 Å². The molecule has 2 saturated heterocycles. The van der Waals surface area contributed by atoms with E-state index in [1.807, 2.05) is 12.1 Å². The molecular formula is C15H18N2O5. The van der Waals surface area contributed by atoms with E-state index in [1.54, 1.807) is 12.1 Å². The molecule has 2 bridgehead atoms. The normalized spacial score (nSPS) is 40.1. The number of ether oxygens (including phenoxy) is 2. The lowest BCUT2D eigenvalue weighted by atomic mass is 9.87. The van der Waals surface area contributed by atoms with E-state index in [0.29, 0.717) is 12.1 Å². The molecule has 1 aromatic rings. The summed E-state index contributed by atoms with van der Waals surface area (Å²) in [5.74, 6) is -0.189. The standard InChI is InChI=1S/C15H18N2O5/c16-6-15-7-21-14(22-15)10(11(18)12(15)19)17-5-8-3-1-2-4-9(8)13(17)20/h1-4,10-12,14,18-19H,5-7,16H2/t10-,11-,12-,14?,15+/m1/s1. The van der Waals surface area contributed by atoms with Crippen molar-refractivity contribution in [3.05, 3.63) is 35.4 Å². The van der Waals surface area contributed by atoms with Crippen LogP contribution in [-0.4, -0.2) is 64.3 Å². The van der Waals surface area contributed by atoms with E-state index in [2.05, 4.69) is 0 Å². The third-order valence-electron chi connectivity index (χ3n) is 4.89. The highest BCUT2D eigenvalue weighted by molar-refractivity contribution is 5.98. The Morgan fingerprint density at radius 1 is 1.36 bits per heavy atom. The van der Waals surface area contributed by atoms with Gasteiger partial charge in [-0.3, -0.25) is 4.79 Å². The maximum absolute atomic E-state index is 12.6. The molecule has 3 aliphatic rings. The average Bonchev–Trinajstić information content (AvgIpc) is 3.08. The van der Waals surface area contributed by atoms with E-state index in [1.165, 1.54) is 4.90 Å². The Labute approximate surface area is 127 Å². The lowest BCUT2D eigenvalue weighted by molar-refractivity contribution is -0.236. The van der Waals surface area contributed by atoms with Gasteiger partial charge in [0, 0.05) is 18.7 Å². The molecule has 7 nitrogen and oxygen atoms in total. The van der Waals surface area contributed by atoms with Crippen LogP contribution in [0.1, 0.15) is 15.9 Å². The summed E-state index contributed by atoms with van der Waals surface area (Å²) in [6, 6.07) is 6.54. The second kappa shape index (κ2) is 4.74. The van der Waals surface area contributed by atoms with Crippen LogP contribution in [0.25, 0.3) is 0 Å². The molecule has 0 saturated carbocycles. The maximum atomic E-state index is 12.6. The van der Waals surface area contributed by atoms with Gasteiger partial charge in [-0.1, -0.05) is 18.2 Å². The molecule has 4 N–H and O–H groups in total. The summed E-state index contributed by atoms with van der Waals surface area (Å²) in [5.41, 5.74) is 6.08. The number of fused-ring (bicyclic) bond motifs is 3. The van der Waals surface area contributed by atoms with Crippen LogP contribution in [0.4, 0.5) is 0 Å². The van der Waals surface area contributed by atoms with Crippen LogP contribution in [0.5, 0.6) is 0 Å². The highest BCUT2D eigenvalue weighted by Crippen LogP contribution is 2.40. The van der Waals surface area contributed by atoms with Gasteiger partial charge in [0.05, 0.1) is 6.61 Å². The van der Waals surface area contributed by atoms with Crippen molar-refractivity contribution < 1.29 is 24.5 Å². The molecule has 0 aliphatic carbocycles. The zero-order valence-electron chi connectivity index (χ0n) is 11.9. The molecule has 1 unspecified atom stereocenters. The van der Waals surface area contributed by atoms with Gasteiger partial charge in [-0.25, -0.2) is 0 Å². The van der Waals surface area contributed by atoms with Crippen LogP contribution in [-0.2, 0) is 16.0 Å². The first-order valence-corrected chi connectivity index (χ1v) is 7.32. The van der Waals surface area contributed by atoms with Gasteiger partial charge >= 0.3 is 0 Å². The van der Waals surface area contributed by atoms with Gasteiger partial charge in [0.15, 0.2) is 6.29 Å². The van der Waals surface area contributed by atoms with Gasteiger partial charge < -0.3 is 30.3 Å². The summed E-state index contributed by atoms with van der Waals surface area (Å²) in [6.07, 6.45) is -3.14. The van der Waals surface area contributed by atoms with Gasteiger partial charge in [-0.2, -0.15) is 0 Å². The minimum absolute atomic E-state index is 0.0443. The Bertz CT molecular complexity index is 624. The second-order valence-corrected chi connectivity index (χ2v) is 6.08. The zero-order valence-corrected chi connectivity index (χ0v) is 11.9.